The maximum Gasteiger partial charge on any atom is 0.338 e. The van der Waals surface area contributed by atoms with Crippen LogP contribution >= 0.6 is 12.2 Å². The molecule has 7 heteroatoms. The van der Waals surface area contributed by atoms with Crippen molar-refractivity contribution in [3.8, 4) is 11.5 Å². The van der Waals surface area contributed by atoms with Crippen LogP contribution in [0.2, 0.25) is 0 Å². The second kappa shape index (κ2) is 9.43. The Morgan fingerprint density at radius 3 is 2.59 bits per heavy atom. The monoisotopic (exact) mass is 412 g/mol. The van der Waals surface area contributed by atoms with E-state index in [4.69, 9.17) is 26.4 Å². The minimum atomic E-state index is -0.445. The van der Waals surface area contributed by atoms with Crippen LogP contribution in [0.1, 0.15) is 31.0 Å². The van der Waals surface area contributed by atoms with Gasteiger partial charge >= 0.3 is 5.97 Å². The van der Waals surface area contributed by atoms with Gasteiger partial charge in [0.15, 0.2) is 16.6 Å². The van der Waals surface area contributed by atoms with Gasteiger partial charge in [0, 0.05) is 5.70 Å². The molecule has 6 nitrogen and oxygen atoms in total. The third kappa shape index (κ3) is 4.86. The van der Waals surface area contributed by atoms with Crippen LogP contribution in [0.15, 0.2) is 59.8 Å². The first-order valence-corrected chi connectivity index (χ1v) is 9.74. The maximum absolute atomic E-state index is 12.5. The molecule has 3 rings (SSSR count). The van der Waals surface area contributed by atoms with Crippen molar-refractivity contribution in [2.24, 2.45) is 0 Å². The lowest BCUT2D eigenvalue weighted by Crippen LogP contribution is -2.45. The lowest BCUT2D eigenvalue weighted by molar-refractivity contribution is -0.139. The molecule has 0 unspecified atom stereocenters. The van der Waals surface area contributed by atoms with Gasteiger partial charge in [-0.25, -0.2) is 4.79 Å². The molecule has 0 aliphatic carbocycles. The first-order valence-electron chi connectivity index (χ1n) is 9.33. The molecule has 2 aromatic carbocycles. The largest absolute Gasteiger partial charge is 0.493 e. The number of nitrogens with one attached hydrogen (secondary N) is 2. The lowest BCUT2D eigenvalue weighted by atomic mass is 9.95. The van der Waals surface area contributed by atoms with Crippen molar-refractivity contribution >= 4 is 23.3 Å². The fourth-order valence-corrected chi connectivity index (χ4v) is 3.41. The fraction of sp³-hybridized carbons (Fsp3) is 0.273. The summed E-state index contributed by atoms with van der Waals surface area (Å²) in [6.07, 6.45) is 0. The molecule has 152 valence electrons. The van der Waals surface area contributed by atoms with Crippen LogP contribution in [0.4, 0.5) is 0 Å². The van der Waals surface area contributed by atoms with Crippen molar-refractivity contribution in [2.45, 2.75) is 26.5 Å². The van der Waals surface area contributed by atoms with E-state index in [1.807, 2.05) is 48.5 Å². The topological polar surface area (TPSA) is 68.8 Å². The minimum absolute atomic E-state index is 0.294. The Morgan fingerprint density at radius 1 is 1.14 bits per heavy atom. The smallest absolute Gasteiger partial charge is 0.338 e. The summed E-state index contributed by atoms with van der Waals surface area (Å²) in [6, 6.07) is 15.0. The normalized spacial score (nSPS) is 16.0. The maximum atomic E-state index is 12.5. The molecule has 0 amide bonds. The first-order chi connectivity index (χ1) is 14.0. The van der Waals surface area contributed by atoms with Gasteiger partial charge in [-0.3, -0.25) is 0 Å². The number of esters is 1. The molecule has 0 fully saturated rings. The molecule has 1 aliphatic heterocycles. The summed E-state index contributed by atoms with van der Waals surface area (Å²) in [5.74, 6) is 0.807. The van der Waals surface area contributed by atoms with E-state index >= 15 is 0 Å². The first kappa shape index (κ1) is 20.7. The van der Waals surface area contributed by atoms with Crippen molar-refractivity contribution < 1.29 is 19.0 Å². The number of thiocarbonyl (C=S) groups is 1. The summed E-state index contributed by atoms with van der Waals surface area (Å²) < 4.78 is 16.7. The Bertz CT molecular complexity index is 928. The van der Waals surface area contributed by atoms with Crippen LogP contribution in [-0.2, 0) is 16.1 Å². The van der Waals surface area contributed by atoms with Crippen molar-refractivity contribution in [1.82, 2.24) is 10.6 Å². The van der Waals surface area contributed by atoms with E-state index in [1.54, 1.807) is 21.0 Å². The number of hydrogen-bond donors (Lipinski definition) is 2. The van der Waals surface area contributed by atoms with Crippen LogP contribution in [0.25, 0.3) is 0 Å². The Hall–Kier alpha value is -3.06. The zero-order valence-corrected chi connectivity index (χ0v) is 17.5. The molecule has 29 heavy (non-hydrogen) atoms. The fourth-order valence-electron chi connectivity index (χ4n) is 3.14. The molecule has 0 bridgehead atoms. The molecular weight excluding hydrogens is 388 g/mol. The molecule has 0 aromatic heterocycles. The molecule has 0 saturated carbocycles. The highest BCUT2D eigenvalue weighted by atomic mass is 32.1. The van der Waals surface area contributed by atoms with Crippen molar-refractivity contribution in [2.75, 3.05) is 13.7 Å². The van der Waals surface area contributed by atoms with E-state index in [0.717, 1.165) is 11.1 Å². The summed E-state index contributed by atoms with van der Waals surface area (Å²) in [4.78, 5) is 12.5. The van der Waals surface area contributed by atoms with Gasteiger partial charge in [0.25, 0.3) is 0 Å². The molecule has 0 saturated heterocycles. The highest BCUT2D eigenvalue weighted by molar-refractivity contribution is 7.80. The van der Waals surface area contributed by atoms with Crippen molar-refractivity contribution in [3.05, 3.63) is 70.9 Å². The van der Waals surface area contributed by atoms with Crippen LogP contribution in [0.3, 0.4) is 0 Å². The van der Waals surface area contributed by atoms with Crippen molar-refractivity contribution in [1.29, 1.82) is 0 Å². The van der Waals surface area contributed by atoms with Gasteiger partial charge in [-0.2, -0.15) is 0 Å². The number of hydrogen-bond acceptors (Lipinski definition) is 5. The standard InChI is InChI=1S/C22H24N2O4S/c1-4-27-21(25)19-14(2)23-22(29)24-20(19)16-10-11-17(18(12-16)26-3)28-13-15-8-6-5-7-9-15/h5-12,20H,4,13H2,1-3H3,(H2,23,24,29)/t20-/m0/s1. The van der Waals surface area contributed by atoms with Gasteiger partial charge in [0.1, 0.15) is 6.61 Å². The van der Waals surface area contributed by atoms with Crippen molar-refractivity contribution in [3.63, 3.8) is 0 Å². The van der Waals surface area contributed by atoms with Gasteiger partial charge in [-0.1, -0.05) is 36.4 Å². The number of carbonyl (C=O) groups is 1. The summed E-state index contributed by atoms with van der Waals surface area (Å²) in [6.45, 7) is 4.31. The number of ether oxygens (including phenoxy) is 3. The van der Waals surface area contributed by atoms with E-state index < -0.39 is 6.04 Å². The van der Waals surface area contributed by atoms with Gasteiger partial charge in [0.05, 0.1) is 25.3 Å². The summed E-state index contributed by atoms with van der Waals surface area (Å²) in [5.41, 5.74) is 3.04. The predicted molar refractivity (Wildman–Crippen MR) is 115 cm³/mol. The Kier molecular flexibility index (Phi) is 6.72. The Morgan fingerprint density at radius 2 is 1.90 bits per heavy atom. The average molecular weight is 413 g/mol. The van der Waals surface area contributed by atoms with Crippen LogP contribution in [0.5, 0.6) is 11.5 Å². The predicted octanol–water partition coefficient (Wildman–Crippen LogP) is 3.63. The van der Waals surface area contributed by atoms with Crippen LogP contribution in [-0.4, -0.2) is 24.8 Å². The molecule has 2 N–H and O–H groups in total. The third-order valence-corrected chi connectivity index (χ3v) is 4.74. The van der Waals surface area contributed by atoms with Gasteiger partial charge in [-0.05, 0) is 49.3 Å². The molecular formula is C22H24N2O4S. The van der Waals surface area contributed by atoms with E-state index in [2.05, 4.69) is 10.6 Å². The highest BCUT2D eigenvalue weighted by Gasteiger charge is 2.31. The number of methoxy groups -OCH3 is 1. The number of benzene rings is 2. The summed E-state index contributed by atoms with van der Waals surface area (Å²) in [7, 11) is 1.59. The molecule has 1 atom stereocenters. The third-order valence-electron chi connectivity index (χ3n) is 4.52. The molecule has 2 aromatic rings. The van der Waals surface area contributed by atoms with Gasteiger partial charge < -0.3 is 24.8 Å². The molecule has 1 aliphatic rings. The SMILES string of the molecule is CCOC(=O)C1=C(C)NC(=S)N[C@H]1c1ccc(OCc2ccccc2)c(OC)c1. The second-order valence-electron chi connectivity index (χ2n) is 6.48. The van der Waals surface area contributed by atoms with E-state index in [0.29, 0.717) is 41.1 Å². The number of rotatable bonds is 7. The van der Waals surface area contributed by atoms with Crippen LogP contribution < -0.4 is 20.1 Å². The quantitative estimate of drug-likeness (QED) is 0.532. The summed E-state index contributed by atoms with van der Waals surface area (Å²) in [5, 5.41) is 6.58. The molecule has 1 heterocycles. The van der Waals surface area contributed by atoms with Crippen LogP contribution in [0, 0.1) is 0 Å². The lowest BCUT2D eigenvalue weighted by Gasteiger charge is -2.30. The van der Waals surface area contributed by atoms with Gasteiger partial charge in [0.2, 0.25) is 0 Å². The second-order valence-corrected chi connectivity index (χ2v) is 6.88. The summed E-state index contributed by atoms with van der Waals surface area (Å²) >= 11 is 5.28. The number of allylic oxidation sites excluding steroid dienone is 1. The molecule has 0 spiro atoms. The zero-order chi connectivity index (χ0) is 20.8. The Labute approximate surface area is 175 Å². The van der Waals surface area contributed by atoms with Gasteiger partial charge in [-0.15, -0.1) is 0 Å². The van der Waals surface area contributed by atoms with E-state index in [1.165, 1.54) is 0 Å². The Balaban J connectivity index is 1.88. The molecule has 0 radical (unpaired) electrons. The van der Waals surface area contributed by atoms with E-state index in [-0.39, 0.29) is 5.97 Å². The van der Waals surface area contributed by atoms with E-state index in [9.17, 15) is 4.79 Å². The highest BCUT2D eigenvalue weighted by Crippen LogP contribution is 2.35. The number of carbonyl (C=O) groups excluding carboxylic acids is 1. The average Bonchev–Trinajstić information content (AvgIpc) is 2.72. The zero-order valence-electron chi connectivity index (χ0n) is 16.7. The minimum Gasteiger partial charge on any atom is -0.493 e.